The molecule has 0 radical (unpaired) electrons. The average Bonchev–Trinajstić information content (AvgIpc) is 2.68. The van der Waals surface area contributed by atoms with Crippen LogP contribution in [0, 0.1) is 0 Å². The van der Waals surface area contributed by atoms with Crippen LogP contribution in [0.3, 0.4) is 0 Å². The summed E-state index contributed by atoms with van der Waals surface area (Å²) in [6.45, 7) is 5.45. The molecule has 7 heteroatoms. The largest absolute Gasteiger partial charge is 0.523 e. The first-order valence-corrected chi connectivity index (χ1v) is 9.84. The molecule has 0 saturated carbocycles. The second-order valence-electron chi connectivity index (χ2n) is 7.59. The van der Waals surface area contributed by atoms with Crippen LogP contribution in [0.25, 0.3) is 0 Å². The maximum Gasteiger partial charge on any atom is 0.523 e. The number of nitrogens with two attached hydrogens (primary N) is 1. The van der Waals surface area contributed by atoms with Gasteiger partial charge in [0.25, 0.3) is 0 Å². The maximum atomic E-state index is 13.2. The summed E-state index contributed by atoms with van der Waals surface area (Å²) in [5, 5.41) is 3.34. The van der Waals surface area contributed by atoms with Gasteiger partial charge in [-0.2, -0.15) is 0 Å². The van der Waals surface area contributed by atoms with Gasteiger partial charge >= 0.3 is 6.36 Å². The molecular formula is C22H27F3N2O2. The van der Waals surface area contributed by atoms with E-state index in [1.807, 2.05) is 13.8 Å². The number of hydrogen-bond acceptors (Lipinski definition) is 4. The fraction of sp³-hybridized carbons (Fsp3) is 0.455. The van der Waals surface area contributed by atoms with Crippen molar-refractivity contribution >= 4 is 5.69 Å². The topological polar surface area (TPSA) is 56.5 Å². The fourth-order valence-electron chi connectivity index (χ4n) is 3.73. The summed E-state index contributed by atoms with van der Waals surface area (Å²) in [5.74, 6) is 0.665. The van der Waals surface area contributed by atoms with Crippen molar-refractivity contribution in [2.24, 2.45) is 0 Å². The van der Waals surface area contributed by atoms with E-state index in [0.29, 0.717) is 22.6 Å². The third-order valence-electron chi connectivity index (χ3n) is 4.92. The molecule has 158 valence electrons. The van der Waals surface area contributed by atoms with Crippen LogP contribution in [0.2, 0.25) is 0 Å². The Labute approximate surface area is 169 Å². The third kappa shape index (κ3) is 5.64. The van der Waals surface area contributed by atoms with Crippen molar-refractivity contribution in [2.75, 3.05) is 18.8 Å². The zero-order chi connectivity index (χ0) is 21.0. The number of rotatable bonds is 6. The Kier molecular flexibility index (Phi) is 6.70. The minimum Gasteiger partial charge on any atom is -0.489 e. The van der Waals surface area contributed by atoms with E-state index in [1.165, 1.54) is 6.07 Å². The molecular weight excluding hydrogens is 381 g/mol. The molecule has 0 amide bonds. The molecule has 1 fully saturated rings. The van der Waals surface area contributed by atoms with Crippen molar-refractivity contribution in [2.45, 2.75) is 51.2 Å². The van der Waals surface area contributed by atoms with Crippen molar-refractivity contribution in [1.29, 1.82) is 0 Å². The second-order valence-corrected chi connectivity index (χ2v) is 7.59. The molecule has 2 atom stereocenters. The summed E-state index contributed by atoms with van der Waals surface area (Å²) in [7, 11) is 0. The van der Waals surface area contributed by atoms with Crippen molar-refractivity contribution < 1.29 is 22.6 Å². The lowest BCUT2D eigenvalue weighted by molar-refractivity contribution is -0.339. The standard InChI is InChI=1S/C22H27F3N2O2/c1-14(2)28-21-18(16-9-6-10-27-13-16)11-17(12-19(21)26)20(29-22(23,24)25)15-7-4-3-5-8-15/h3-5,7-8,11-12,14,16,20,27H,6,9-10,13,26H2,1-2H3. The molecule has 1 aliphatic heterocycles. The number of hydrogen-bond donors (Lipinski definition) is 2. The van der Waals surface area contributed by atoms with Gasteiger partial charge in [-0.05, 0) is 56.5 Å². The molecule has 2 unspecified atom stereocenters. The molecule has 2 aromatic carbocycles. The van der Waals surface area contributed by atoms with E-state index in [4.69, 9.17) is 10.5 Å². The van der Waals surface area contributed by atoms with Crippen molar-refractivity contribution in [1.82, 2.24) is 5.32 Å². The highest BCUT2D eigenvalue weighted by Gasteiger charge is 2.36. The molecule has 1 heterocycles. The van der Waals surface area contributed by atoms with Crippen LogP contribution in [-0.2, 0) is 4.74 Å². The van der Waals surface area contributed by atoms with Crippen LogP contribution in [0.15, 0.2) is 42.5 Å². The Hall–Kier alpha value is -2.25. The maximum absolute atomic E-state index is 13.2. The van der Waals surface area contributed by atoms with E-state index in [0.717, 1.165) is 31.5 Å². The van der Waals surface area contributed by atoms with Gasteiger partial charge in [0.05, 0.1) is 11.8 Å². The van der Waals surface area contributed by atoms with Crippen LogP contribution in [0.5, 0.6) is 5.75 Å². The van der Waals surface area contributed by atoms with Gasteiger partial charge in [-0.15, -0.1) is 13.2 Å². The molecule has 3 N–H and O–H groups in total. The van der Waals surface area contributed by atoms with Gasteiger partial charge in [-0.1, -0.05) is 30.3 Å². The Morgan fingerprint density at radius 3 is 2.41 bits per heavy atom. The number of nitrogens with one attached hydrogen (secondary N) is 1. The average molecular weight is 408 g/mol. The smallest absolute Gasteiger partial charge is 0.489 e. The minimum atomic E-state index is -4.78. The van der Waals surface area contributed by atoms with Crippen molar-refractivity contribution in [3.8, 4) is 5.75 Å². The predicted octanol–water partition coefficient (Wildman–Crippen LogP) is 5.15. The van der Waals surface area contributed by atoms with E-state index >= 15 is 0 Å². The lowest BCUT2D eigenvalue weighted by Gasteiger charge is -2.29. The van der Waals surface area contributed by atoms with E-state index < -0.39 is 12.5 Å². The van der Waals surface area contributed by atoms with Gasteiger partial charge in [0.1, 0.15) is 11.9 Å². The number of ether oxygens (including phenoxy) is 2. The van der Waals surface area contributed by atoms with Crippen molar-refractivity contribution in [3.05, 3.63) is 59.2 Å². The number of nitrogen functional groups attached to an aromatic ring is 1. The highest BCUT2D eigenvalue weighted by atomic mass is 19.4. The van der Waals surface area contributed by atoms with E-state index in [2.05, 4.69) is 10.1 Å². The third-order valence-corrected chi connectivity index (χ3v) is 4.92. The van der Waals surface area contributed by atoms with Crippen LogP contribution >= 0.6 is 0 Å². The van der Waals surface area contributed by atoms with Gasteiger partial charge in [0, 0.05) is 18.0 Å². The second kappa shape index (κ2) is 9.05. The lowest BCUT2D eigenvalue weighted by Crippen LogP contribution is -2.29. The number of halogens is 3. The first-order chi connectivity index (χ1) is 13.7. The van der Waals surface area contributed by atoms with Crippen LogP contribution in [-0.4, -0.2) is 25.6 Å². The van der Waals surface area contributed by atoms with Gasteiger partial charge in [0.15, 0.2) is 0 Å². The highest BCUT2D eigenvalue weighted by Crippen LogP contribution is 2.41. The summed E-state index contributed by atoms with van der Waals surface area (Å²) in [6.07, 6.45) is -4.29. The summed E-state index contributed by atoms with van der Waals surface area (Å²) in [5.41, 5.74) is 8.20. The number of benzene rings is 2. The molecule has 0 spiro atoms. The number of piperidine rings is 1. The summed E-state index contributed by atoms with van der Waals surface area (Å²) >= 11 is 0. The summed E-state index contributed by atoms with van der Waals surface area (Å²) in [4.78, 5) is 0. The van der Waals surface area contributed by atoms with Gasteiger partial charge in [-0.3, -0.25) is 4.74 Å². The molecule has 2 aromatic rings. The van der Waals surface area contributed by atoms with Gasteiger partial charge < -0.3 is 15.8 Å². The molecule has 0 aliphatic carbocycles. The monoisotopic (exact) mass is 408 g/mol. The lowest BCUT2D eigenvalue weighted by atomic mass is 9.87. The normalized spacial score (nSPS) is 18.6. The molecule has 1 saturated heterocycles. The van der Waals surface area contributed by atoms with Gasteiger partial charge in [-0.25, -0.2) is 0 Å². The molecule has 29 heavy (non-hydrogen) atoms. The zero-order valence-electron chi connectivity index (χ0n) is 16.6. The Morgan fingerprint density at radius 1 is 1.10 bits per heavy atom. The van der Waals surface area contributed by atoms with E-state index in [1.54, 1.807) is 36.4 Å². The molecule has 0 bridgehead atoms. The van der Waals surface area contributed by atoms with Crippen LogP contribution < -0.4 is 15.8 Å². The molecule has 0 aromatic heterocycles. The highest BCUT2D eigenvalue weighted by molar-refractivity contribution is 5.61. The first kappa shape index (κ1) is 21.5. The Bertz CT molecular complexity index is 804. The van der Waals surface area contributed by atoms with E-state index in [9.17, 15) is 13.2 Å². The fourth-order valence-corrected chi connectivity index (χ4v) is 3.73. The van der Waals surface area contributed by atoms with Crippen LogP contribution in [0.4, 0.5) is 18.9 Å². The van der Waals surface area contributed by atoms with Crippen molar-refractivity contribution in [3.63, 3.8) is 0 Å². The SMILES string of the molecule is CC(C)Oc1c(N)cc(C(OC(F)(F)F)c2ccccc2)cc1C1CCCNC1. The Morgan fingerprint density at radius 2 is 1.83 bits per heavy atom. The summed E-state index contributed by atoms with van der Waals surface area (Å²) < 4.78 is 50.1. The summed E-state index contributed by atoms with van der Waals surface area (Å²) in [6, 6.07) is 11.7. The quantitative estimate of drug-likeness (QED) is 0.649. The molecule has 3 rings (SSSR count). The number of anilines is 1. The molecule has 1 aliphatic rings. The zero-order valence-corrected chi connectivity index (χ0v) is 16.6. The Balaban J connectivity index is 2.09. The number of alkyl halides is 3. The predicted molar refractivity (Wildman–Crippen MR) is 107 cm³/mol. The molecule has 4 nitrogen and oxygen atoms in total. The van der Waals surface area contributed by atoms with Crippen LogP contribution in [0.1, 0.15) is 55.4 Å². The van der Waals surface area contributed by atoms with Gasteiger partial charge in [0.2, 0.25) is 0 Å². The van der Waals surface area contributed by atoms with E-state index in [-0.39, 0.29) is 12.0 Å². The first-order valence-electron chi connectivity index (χ1n) is 9.84. The minimum absolute atomic E-state index is 0.102.